The Morgan fingerprint density at radius 1 is 1.22 bits per heavy atom. The van der Waals surface area contributed by atoms with E-state index in [0.717, 1.165) is 12.1 Å². The highest BCUT2D eigenvalue weighted by molar-refractivity contribution is 5.34. The predicted octanol–water partition coefficient (Wildman–Crippen LogP) is 1.88. The maximum absolute atomic E-state index is 12.2. The van der Waals surface area contributed by atoms with Crippen LogP contribution >= 0.6 is 0 Å². The summed E-state index contributed by atoms with van der Waals surface area (Å²) in [5, 5.41) is 0. The second-order valence-electron chi connectivity index (χ2n) is 1.62. The van der Waals surface area contributed by atoms with Gasteiger partial charge < -0.3 is 0 Å². The van der Waals surface area contributed by atoms with Gasteiger partial charge in [0.15, 0.2) is 5.82 Å². The van der Waals surface area contributed by atoms with Crippen molar-refractivity contribution in [1.82, 2.24) is 5.73 Å². The molecular formula is C6H4F2N. The molecule has 0 aliphatic carbocycles. The topological polar surface area (TPSA) is 23.8 Å². The predicted molar refractivity (Wildman–Crippen MR) is 29.1 cm³/mol. The minimum Gasteiger partial charge on any atom is -0.298 e. The van der Waals surface area contributed by atoms with E-state index in [4.69, 9.17) is 5.73 Å². The van der Waals surface area contributed by atoms with Crippen molar-refractivity contribution in [3.05, 3.63) is 29.8 Å². The van der Waals surface area contributed by atoms with E-state index in [1.807, 2.05) is 0 Å². The van der Waals surface area contributed by atoms with E-state index >= 15 is 0 Å². The van der Waals surface area contributed by atoms with Crippen LogP contribution < -0.4 is 5.73 Å². The van der Waals surface area contributed by atoms with Crippen LogP contribution in [0.25, 0.3) is 0 Å². The van der Waals surface area contributed by atoms with Gasteiger partial charge in [0.05, 0.1) is 5.69 Å². The van der Waals surface area contributed by atoms with Gasteiger partial charge in [-0.15, -0.1) is 0 Å². The zero-order valence-electron chi connectivity index (χ0n) is 4.49. The molecule has 0 fully saturated rings. The molecule has 0 atom stereocenters. The molecule has 0 saturated heterocycles. The zero-order chi connectivity index (χ0) is 6.85. The molecule has 1 N–H and O–H groups in total. The first-order chi connectivity index (χ1) is 4.20. The first-order valence-electron chi connectivity index (χ1n) is 2.37. The highest BCUT2D eigenvalue weighted by atomic mass is 19.1. The number of hydrogen-bond acceptors (Lipinski definition) is 0. The molecule has 0 unspecified atom stereocenters. The quantitative estimate of drug-likeness (QED) is 0.509. The second-order valence-corrected chi connectivity index (χ2v) is 1.62. The van der Waals surface area contributed by atoms with E-state index in [1.165, 1.54) is 0 Å². The molecule has 0 saturated carbocycles. The third-order valence-corrected chi connectivity index (χ3v) is 0.931. The van der Waals surface area contributed by atoms with E-state index < -0.39 is 11.6 Å². The molecule has 9 heavy (non-hydrogen) atoms. The van der Waals surface area contributed by atoms with Crippen molar-refractivity contribution in [1.29, 1.82) is 0 Å². The lowest BCUT2D eigenvalue weighted by Gasteiger charge is -1.91. The van der Waals surface area contributed by atoms with Crippen LogP contribution in [0.3, 0.4) is 0 Å². The summed E-state index contributed by atoms with van der Waals surface area (Å²) in [5.41, 5.74) is 6.49. The Hall–Kier alpha value is -1.12. The molecule has 1 aromatic carbocycles. The molecular weight excluding hydrogens is 124 g/mol. The fraction of sp³-hybridized carbons (Fsp3) is 0. The highest BCUT2D eigenvalue weighted by Gasteiger charge is 1.97. The van der Waals surface area contributed by atoms with Gasteiger partial charge in [0, 0.05) is 6.07 Å². The third-order valence-electron chi connectivity index (χ3n) is 0.931. The molecule has 0 aromatic heterocycles. The Morgan fingerprint density at radius 2 is 1.89 bits per heavy atom. The van der Waals surface area contributed by atoms with Gasteiger partial charge in [0.1, 0.15) is 5.82 Å². The SMILES string of the molecule is [NH]c1ccc(F)cc1F. The van der Waals surface area contributed by atoms with Crippen LogP contribution in [0, 0.1) is 11.6 Å². The minimum absolute atomic E-state index is 0.281. The Bertz CT molecular complexity index is 222. The van der Waals surface area contributed by atoms with Gasteiger partial charge in [-0.05, 0) is 12.1 Å². The molecule has 0 amide bonds. The number of rotatable bonds is 0. The lowest BCUT2D eigenvalue weighted by Crippen LogP contribution is -1.80. The zero-order valence-corrected chi connectivity index (χ0v) is 4.49. The largest absolute Gasteiger partial charge is 0.298 e. The summed E-state index contributed by atoms with van der Waals surface area (Å²) in [6.07, 6.45) is 0. The molecule has 3 heteroatoms. The van der Waals surface area contributed by atoms with Crippen molar-refractivity contribution in [2.24, 2.45) is 0 Å². The summed E-state index contributed by atoms with van der Waals surface area (Å²) in [6.45, 7) is 0. The fourth-order valence-electron chi connectivity index (χ4n) is 0.489. The molecule has 1 nitrogen and oxygen atoms in total. The highest BCUT2D eigenvalue weighted by Crippen LogP contribution is 2.11. The summed E-state index contributed by atoms with van der Waals surface area (Å²) in [7, 11) is 0. The molecule has 0 aliphatic rings. The summed E-state index contributed by atoms with van der Waals surface area (Å²) in [4.78, 5) is 0. The monoisotopic (exact) mass is 128 g/mol. The molecule has 1 radical (unpaired) electrons. The van der Waals surface area contributed by atoms with Crippen LogP contribution in [0.4, 0.5) is 14.5 Å². The first-order valence-corrected chi connectivity index (χ1v) is 2.37. The number of nitrogens with one attached hydrogen (secondary N) is 1. The Morgan fingerprint density at radius 3 is 2.33 bits per heavy atom. The van der Waals surface area contributed by atoms with E-state index in [2.05, 4.69) is 0 Å². The van der Waals surface area contributed by atoms with Crippen LogP contribution in [-0.4, -0.2) is 0 Å². The number of hydrogen-bond donors (Lipinski definition) is 0. The maximum atomic E-state index is 12.2. The van der Waals surface area contributed by atoms with E-state index in [0.29, 0.717) is 6.07 Å². The van der Waals surface area contributed by atoms with Gasteiger partial charge >= 0.3 is 0 Å². The van der Waals surface area contributed by atoms with Crippen LogP contribution in [0.5, 0.6) is 0 Å². The maximum Gasteiger partial charge on any atom is 0.150 e. The normalized spacial score (nSPS) is 9.56. The summed E-state index contributed by atoms with van der Waals surface area (Å²) < 4.78 is 24.2. The van der Waals surface area contributed by atoms with Crippen molar-refractivity contribution in [2.45, 2.75) is 0 Å². The van der Waals surface area contributed by atoms with Gasteiger partial charge in [-0.2, -0.15) is 0 Å². The lowest BCUT2D eigenvalue weighted by molar-refractivity contribution is 0.584. The van der Waals surface area contributed by atoms with Gasteiger partial charge in [0.25, 0.3) is 0 Å². The van der Waals surface area contributed by atoms with Crippen molar-refractivity contribution >= 4 is 5.69 Å². The van der Waals surface area contributed by atoms with Crippen molar-refractivity contribution < 1.29 is 8.78 Å². The van der Waals surface area contributed by atoms with Crippen molar-refractivity contribution in [2.75, 3.05) is 0 Å². The smallest absolute Gasteiger partial charge is 0.150 e. The van der Waals surface area contributed by atoms with Crippen LogP contribution in [0.1, 0.15) is 0 Å². The second kappa shape index (κ2) is 2.01. The van der Waals surface area contributed by atoms with Crippen molar-refractivity contribution in [3.63, 3.8) is 0 Å². The van der Waals surface area contributed by atoms with E-state index in [9.17, 15) is 8.78 Å². The van der Waals surface area contributed by atoms with Crippen LogP contribution in [-0.2, 0) is 0 Å². The molecule has 0 spiro atoms. The summed E-state index contributed by atoms with van der Waals surface area (Å²) in [5.74, 6) is -1.47. The molecule has 47 valence electrons. The summed E-state index contributed by atoms with van der Waals surface area (Å²) in [6, 6.07) is 2.80. The fourth-order valence-corrected chi connectivity index (χ4v) is 0.489. The molecule has 0 aliphatic heterocycles. The average molecular weight is 128 g/mol. The lowest BCUT2D eigenvalue weighted by atomic mass is 10.3. The molecule has 0 bridgehead atoms. The van der Waals surface area contributed by atoms with Gasteiger partial charge in [-0.25, -0.2) is 8.78 Å². The Labute approximate surface area is 51.1 Å². The molecule has 0 heterocycles. The third kappa shape index (κ3) is 1.16. The average Bonchev–Trinajstić information content (AvgIpc) is 1.80. The van der Waals surface area contributed by atoms with Gasteiger partial charge in [-0.3, -0.25) is 5.73 Å². The number of benzene rings is 1. The number of halogens is 2. The molecule has 1 aromatic rings. The van der Waals surface area contributed by atoms with Crippen LogP contribution in [0.15, 0.2) is 18.2 Å². The summed E-state index contributed by atoms with van der Waals surface area (Å²) >= 11 is 0. The van der Waals surface area contributed by atoms with E-state index in [-0.39, 0.29) is 5.69 Å². The molecule has 1 rings (SSSR count). The first kappa shape index (κ1) is 6.01. The van der Waals surface area contributed by atoms with Crippen LogP contribution in [0.2, 0.25) is 0 Å². The van der Waals surface area contributed by atoms with Crippen molar-refractivity contribution in [3.8, 4) is 0 Å². The van der Waals surface area contributed by atoms with Gasteiger partial charge in [-0.1, -0.05) is 0 Å². The Kier molecular flexibility index (Phi) is 1.34. The van der Waals surface area contributed by atoms with Gasteiger partial charge in [0.2, 0.25) is 0 Å². The van der Waals surface area contributed by atoms with E-state index in [1.54, 1.807) is 0 Å². The minimum atomic E-state index is -0.824. The Balaban J connectivity index is 3.17. The standard InChI is InChI=1S/C6H4F2N/c7-4-1-2-6(9)5(8)3-4/h1-3,9H.